The molecule has 22 heavy (non-hydrogen) atoms. The fourth-order valence-electron chi connectivity index (χ4n) is 2.38. The van der Waals surface area contributed by atoms with Crippen LogP contribution in [-0.4, -0.2) is 18.1 Å². The maximum Gasteiger partial charge on any atom is 0.162 e. The Morgan fingerprint density at radius 1 is 1.09 bits per heavy atom. The van der Waals surface area contributed by atoms with Crippen LogP contribution in [0.4, 0.5) is 0 Å². The van der Waals surface area contributed by atoms with E-state index in [9.17, 15) is 0 Å². The standard InChI is InChI=1S/C18H20O2S2/c1-13-12-21-18(22-13)15-8-9-16(19-2)17(10-15)20-11-14-6-4-3-5-7-14/h3-10,13,18H,11-12H2,1-2H3. The van der Waals surface area contributed by atoms with Crippen LogP contribution in [0.2, 0.25) is 0 Å². The van der Waals surface area contributed by atoms with Crippen molar-refractivity contribution in [2.45, 2.75) is 23.4 Å². The van der Waals surface area contributed by atoms with E-state index in [1.54, 1.807) is 7.11 Å². The van der Waals surface area contributed by atoms with Crippen molar-refractivity contribution in [1.82, 2.24) is 0 Å². The lowest BCUT2D eigenvalue weighted by molar-refractivity contribution is 0.284. The highest BCUT2D eigenvalue weighted by molar-refractivity contribution is 8.19. The van der Waals surface area contributed by atoms with Crippen molar-refractivity contribution in [1.29, 1.82) is 0 Å². The Hall–Kier alpha value is -1.26. The molecule has 2 nitrogen and oxygen atoms in total. The van der Waals surface area contributed by atoms with E-state index in [-0.39, 0.29) is 0 Å². The first-order chi connectivity index (χ1) is 10.8. The molecule has 3 rings (SSSR count). The first-order valence-corrected chi connectivity index (χ1v) is 9.37. The van der Waals surface area contributed by atoms with Gasteiger partial charge in [0.2, 0.25) is 0 Å². The smallest absolute Gasteiger partial charge is 0.162 e. The first-order valence-electron chi connectivity index (χ1n) is 7.38. The van der Waals surface area contributed by atoms with Crippen LogP contribution in [0, 0.1) is 0 Å². The summed E-state index contributed by atoms with van der Waals surface area (Å²) in [4.78, 5) is 0. The van der Waals surface area contributed by atoms with Crippen LogP contribution in [0.25, 0.3) is 0 Å². The van der Waals surface area contributed by atoms with E-state index in [4.69, 9.17) is 9.47 Å². The second-order valence-corrected chi connectivity index (χ2v) is 8.28. The number of rotatable bonds is 5. The predicted molar refractivity (Wildman–Crippen MR) is 96.0 cm³/mol. The zero-order chi connectivity index (χ0) is 15.4. The van der Waals surface area contributed by atoms with E-state index in [0.29, 0.717) is 16.4 Å². The number of methoxy groups -OCH3 is 1. The number of thioether (sulfide) groups is 2. The third-order valence-electron chi connectivity index (χ3n) is 3.54. The van der Waals surface area contributed by atoms with Gasteiger partial charge in [0.25, 0.3) is 0 Å². The van der Waals surface area contributed by atoms with Crippen molar-refractivity contribution in [3.8, 4) is 11.5 Å². The minimum atomic E-state index is 0.500. The Morgan fingerprint density at radius 3 is 2.59 bits per heavy atom. The molecule has 1 fully saturated rings. The molecule has 1 heterocycles. The average Bonchev–Trinajstić information content (AvgIpc) is 3.00. The highest BCUT2D eigenvalue weighted by Crippen LogP contribution is 2.50. The number of benzene rings is 2. The fourth-order valence-corrected chi connectivity index (χ4v) is 5.55. The van der Waals surface area contributed by atoms with E-state index in [0.717, 1.165) is 17.1 Å². The molecule has 1 saturated heterocycles. The summed E-state index contributed by atoms with van der Waals surface area (Å²) < 4.78 is 11.9. The third-order valence-corrected chi connectivity index (χ3v) is 6.91. The molecule has 0 bridgehead atoms. The van der Waals surface area contributed by atoms with E-state index in [1.165, 1.54) is 11.3 Å². The van der Waals surface area contributed by atoms with Gasteiger partial charge in [-0.25, -0.2) is 0 Å². The predicted octanol–water partition coefficient (Wildman–Crippen LogP) is 5.14. The van der Waals surface area contributed by atoms with Gasteiger partial charge in [-0.15, -0.1) is 23.5 Å². The maximum atomic E-state index is 6.00. The number of ether oxygens (including phenoxy) is 2. The Kier molecular flexibility index (Phi) is 5.21. The Labute approximate surface area is 140 Å². The van der Waals surface area contributed by atoms with Gasteiger partial charge in [0, 0.05) is 11.0 Å². The minimum absolute atomic E-state index is 0.500. The molecule has 116 valence electrons. The van der Waals surface area contributed by atoms with Crippen LogP contribution in [0.5, 0.6) is 11.5 Å². The molecule has 2 unspecified atom stereocenters. The lowest BCUT2D eigenvalue weighted by Gasteiger charge is -2.15. The quantitative estimate of drug-likeness (QED) is 0.754. The van der Waals surface area contributed by atoms with Crippen LogP contribution < -0.4 is 9.47 Å². The van der Waals surface area contributed by atoms with E-state index in [2.05, 4.69) is 31.2 Å². The van der Waals surface area contributed by atoms with Crippen LogP contribution in [-0.2, 0) is 6.61 Å². The molecular weight excluding hydrogens is 312 g/mol. The van der Waals surface area contributed by atoms with Gasteiger partial charge in [-0.2, -0.15) is 0 Å². The minimum Gasteiger partial charge on any atom is -0.493 e. The Bertz CT molecular complexity index is 616. The monoisotopic (exact) mass is 332 g/mol. The molecule has 0 saturated carbocycles. The van der Waals surface area contributed by atoms with Crippen LogP contribution in [0.1, 0.15) is 22.6 Å². The Morgan fingerprint density at radius 2 is 1.91 bits per heavy atom. The largest absolute Gasteiger partial charge is 0.493 e. The molecule has 0 aromatic heterocycles. The van der Waals surface area contributed by atoms with Crippen molar-refractivity contribution < 1.29 is 9.47 Å². The molecule has 0 N–H and O–H groups in total. The Balaban J connectivity index is 1.76. The average molecular weight is 332 g/mol. The van der Waals surface area contributed by atoms with Gasteiger partial charge in [0.1, 0.15) is 6.61 Å². The summed E-state index contributed by atoms with van der Waals surface area (Å²) in [7, 11) is 1.69. The van der Waals surface area contributed by atoms with Crippen molar-refractivity contribution in [3.05, 3.63) is 59.7 Å². The molecular formula is C18H20O2S2. The maximum absolute atomic E-state index is 6.00. The highest BCUT2D eigenvalue weighted by Gasteiger charge is 2.25. The molecule has 1 aliphatic heterocycles. The molecule has 2 atom stereocenters. The topological polar surface area (TPSA) is 18.5 Å². The van der Waals surface area contributed by atoms with Crippen molar-refractivity contribution in [3.63, 3.8) is 0 Å². The summed E-state index contributed by atoms with van der Waals surface area (Å²) in [5.41, 5.74) is 2.47. The molecule has 2 aromatic carbocycles. The van der Waals surface area contributed by atoms with Crippen LogP contribution in [0.3, 0.4) is 0 Å². The fraction of sp³-hybridized carbons (Fsp3) is 0.333. The summed E-state index contributed by atoms with van der Waals surface area (Å²) in [5, 5.41) is 0.714. The van der Waals surface area contributed by atoms with E-state index >= 15 is 0 Å². The highest BCUT2D eigenvalue weighted by atomic mass is 32.2. The van der Waals surface area contributed by atoms with Crippen molar-refractivity contribution >= 4 is 23.5 Å². The summed E-state index contributed by atoms with van der Waals surface area (Å²) in [6.45, 7) is 2.84. The lowest BCUT2D eigenvalue weighted by atomic mass is 10.2. The molecule has 0 aliphatic carbocycles. The molecule has 2 aromatic rings. The van der Waals surface area contributed by atoms with E-state index < -0.39 is 0 Å². The molecule has 4 heteroatoms. The van der Waals surface area contributed by atoms with Crippen molar-refractivity contribution in [2.75, 3.05) is 12.9 Å². The second-order valence-electron chi connectivity index (χ2n) is 5.30. The van der Waals surface area contributed by atoms with Gasteiger partial charge in [-0.05, 0) is 23.3 Å². The summed E-state index contributed by atoms with van der Waals surface area (Å²) in [5.74, 6) is 2.83. The van der Waals surface area contributed by atoms with Gasteiger partial charge in [0.15, 0.2) is 11.5 Å². The molecule has 0 amide bonds. The van der Waals surface area contributed by atoms with Gasteiger partial charge < -0.3 is 9.47 Å². The number of hydrogen-bond acceptors (Lipinski definition) is 4. The molecule has 0 spiro atoms. The van der Waals surface area contributed by atoms with Crippen LogP contribution >= 0.6 is 23.5 Å². The first kappa shape index (κ1) is 15.6. The summed E-state index contributed by atoms with van der Waals surface area (Å²) in [6, 6.07) is 16.5. The lowest BCUT2D eigenvalue weighted by Crippen LogP contribution is -1.99. The van der Waals surface area contributed by atoms with Crippen molar-refractivity contribution in [2.24, 2.45) is 0 Å². The summed E-state index contributed by atoms with van der Waals surface area (Å²) in [6.07, 6.45) is 0. The van der Waals surface area contributed by atoms with Gasteiger partial charge >= 0.3 is 0 Å². The van der Waals surface area contributed by atoms with Gasteiger partial charge in [-0.1, -0.05) is 43.3 Å². The normalized spacial score (nSPS) is 20.8. The van der Waals surface area contributed by atoms with Crippen LogP contribution in [0.15, 0.2) is 48.5 Å². The van der Waals surface area contributed by atoms with Gasteiger partial charge in [-0.3, -0.25) is 0 Å². The molecule has 0 radical (unpaired) electrons. The SMILES string of the molecule is COc1ccc(C2SCC(C)S2)cc1OCc1ccccc1. The molecule has 1 aliphatic rings. The van der Waals surface area contributed by atoms with Gasteiger partial charge in [0.05, 0.1) is 11.7 Å². The zero-order valence-corrected chi connectivity index (χ0v) is 14.5. The number of hydrogen-bond donors (Lipinski definition) is 0. The zero-order valence-electron chi connectivity index (χ0n) is 12.8. The second kappa shape index (κ2) is 7.34. The summed E-state index contributed by atoms with van der Waals surface area (Å²) >= 11 is 4.03. The third kappa shape index (κ3) is 3.73. The van der Waals surface area contributed by atoms with E-state index in [1.807, 2.05) is 47.8 Å².